The minimum absolute atomic E-state index is 0.541. The molecule has 1 saturated heterocycles. The third-order valence-electron chi connectivity index (χ3n) is 4.25. The Bertz CT molecular complexity index is 557. The van der Waals surface area contributed by atoms with Crippen LogP contribution in [0.5, 0.6) is 0 Å². The van der Waals surface area contributed by atoms with Gasteiger partial charge in [0.25, 0.3) is 0 Å². The van der Waals surface area contributed by atoms with Gasteiger partial charge in [-0.1, -0.05) is 0 Å². The van der Waals surface area contributed by atoms with Gasteiger partial charge in [-0.3, -0.25) is 9.58 Å². The van der Waals surface area contributed by atoms with Crippen molar-refractivity contribution in [2.75, 3.05) is 6.54 Å². The number of likely N-dealkylation sites (tertiary alicyclic amines) is 1. The van der Waals surface area contributed by atoms with Gasteiger partial charge >= 0.3 is 0 Å². The predicted octanol–water partition coefficient (Wildman–Crippen LogP) is 0.869. The zero-order chi connectivity index (χ0) is 13.4. The van der Waals surface area contributed by atoms with E-state index in [-0.39, 0.29) is 0 Å². The van der Waals surface area contributed by atoms with Crippen LogP contribution >= 0.6 is 0 Å². The summed E-state index contributed by atoms with van der Waals surface area (Å²) in [5.74, 6) is 1.01. The lowest BCUT2D eigenvalue weighted by Crippen LogP contribution is -2.33. The van der Waals surface area contributed by atoms with Crippen molar-refractivity contribution in [3.05, 3.63) is 24.3 Å². The summed E-state index contributed by atoms with van der Waals surface area (Å²) in [5, 5.41) is 16.5. The van der Waals surface area contributed by atoms with Crippen LogP contribution < -0.4 is 0 Å². The molecule has 7 nitrogen and oxygen atoms in total. The van der Waals surface area contributed by atoms with Crippen molar-refractivity contribution in [1.29, 1.82) is 0 Å². The molecule has 0 amide bonds. The Balaban J connectivity index is 1.45. The van der Waals surface area contributed by atoms with E-state index in [1.165, 1.54) is 25.7 Å². The van der Waals surface area contributed by atoms with Crippen molar-refractivity contribution >= 4 is 0 Å². The molecule has 1 aliphatic heterocycles. The molecular formula is C13H19N7. The number of hydrogen-bond donors (Lipinski definition) is 0. The standard InChI is InChI=1S/C13H19N7/c1-3-12(9-19-8-2-6-14-19)18(7-1)10-13-15-16-17-20(13)11-4-5-11/h2,6,8,11-12H,1,3-5,7,9-10H2/t12-/m0/s1. The SMILES string of the molecule is c1cnn(C[C@@H]2CCCN2Cc2nnnn2C2CC2)c1. The fraction of sp³-hybridized carbons (Fsp3) is 0.692. The summed E-state index contributed by atoms with van der Waals surface area (Å²) in [4.78, 5) is 2.49. The highest BCUT2D eigenvalue weighted by Crippen LogP contribution is 2.34. The van der Waals surface area contributed by atoms with E-state index in [1.807, 2.05) is 27.8 Å². The zero-order valence-corrected chi connectivity index (χ0v) is 11.5. The van der Waals surface area contributed by atoms with E-state index in [0.29, 0.717) is 12.1 Å². The van der Waals surface area contributed by atoms with Crippen molar-refractivity contribution in [1.82, 2.24) is 34.9 Å². The highest BCUT2D eigenvalue weighted by molar-refractivity contribution is 4.93. The molecule has 3 heterocycles. The third-order valence-corrected chi connectivity index (χ3v) is 4.25. The van der Waals surface area contributed by atoms with Crippen LogP contribution in [0.1, 0.15) is 37.5 Å². The van der Waals surface area contributed by atoms with Gasteiger partial charge in [0.05, 0.1) is 19.1 Å². The van der Waals surface area contributed by atoms with E-state index < -0.39 is 0 Å². The van der Waals surface area contributed by atoms with Crippen LogP contribution in [0.3, 0.4) is 0 Å². The summed E-state index contributed by atoms with van der Waals surface area (Å²) in [6.07, 6.45) is 8.78. The minimum atomic E-state index is 0.541. The maximum atomic E-state index is 4.31. The Labute approximate surface area is 117 Å². The van der Waals surface area contributed by atoms with E-state index in [9.17, 15) is 0 Å². The Morgan fingerprint density at radius 2 is 2.20 bits per heavy atom. The van der Waals surface area contributed by atoms with Crippen molar-refractivity contribution in [3.8, 4) is 0 Å². The number of tetrazole rings is 1. The summed E-state index contributed by atoms with van der Waals surface area (Å²) < 4.78 is 4.04. The molecule has 0 radical (unpaired) electrons. The molecule has 1 atom stereocenters. The topological polar surface area (TPSA) is 64.7 Å². The lowest BCUT2D eigenvalue weighted by atomic mass is 10.2. The number of hydrogen-bond acceptors (Lipinski definition) is 5. The Kier molecular flexibility index (Phi) is 2.99. The van der Waals surface area contributed by atoms with Crippen LogP contribution in [0.15, 0.2) is 18.5 Å². The molecule has 2 aliphatic rings. The number of nitrogens with zero attached hydrogens (tertiary/aromatic N) is 7. The van der Waals surface area contributed by atoms with Gasteiger partial charge in [-0.15, -0.1) is 5.10 Å². The summed E-state index contributed by atoms with van der Waals surface area (Å²) >= 11 is 0. The lowest BCUT2D eigenvalue weighted by molar-refractivity contribution is 0.210. The van der Waals surface area contributed by atoms with Gasteiger partial charge in [-0.05, 0) is 48.7 Å². The normalized spacial score (nSPS) is 23.5. The maximum absolute atomic E-state index is 4.31. The van der Waals surface area contributed by atoms with E-state index >= 15 is 0 Å². The summed E-state index contributed by atoms with van der Waals surface area (Å²) in [5.41, 5.74) is 0. The molecule has 0 unspecified atom stereocenters. The molecule has 106 valence electrons. The van der Waals surface area contributed by atoms with Crippen LogP contribution in [0, 0.1) is 0 Å². The molecule has 2 aromatic heterocycles. The van der Waals surface area contributed by atoms with Gasteiger partial charge in [0, 0.05) is 18.4 Å². The molecule has 2 fully saturated rings. The largest absolute Gasteiger partial charge is 0.291 e. The first kappa shape index (κ1) is 12.0. The molecule has 0 N–H and O–H groups in total. The second-order valence-corrected chi connectivity index (χ2v) is 5.77. The van der Waals surface area contributed by atoms with Crippen molar-refractivity contribution in [3.63, 3.8) is 0 Å². The van der Waals surface area contributed by atoms with Gasteiger partial charge in [-0.25, -0.2) is 4.68 Å². The van der Waals surface area contributed by atoms with Crippen molar-refractivity contribution in [2.45, 2.75) is 50.9 Å². The monoisotopic (exact) mass is 273 g/mol. The molecule has 20 heavy (non-hydrogen) atoms. The van der Waals surface area contributed by atoms with Crippen LogP contribution in [0.2, 0.25) is 0 Å². The van der Waals surface area contributed by atoms with Gasteiger partial charge < -0.3 is 0 Å². The highest BCUT2D eigenvalue weighted by Gasteiger charge is 2.31. The van der Waals surface area contributed by atoms with E-state index in [2.05, 4.69) is 25.5 Å². The Hall–Kier alpha value is -1.76. The van der Waals surface area contributed by atoms with Crippen LogP contribution in [-0.2, 0) is 13.1 Å². The van der Waals surface area contributed by atoms with Gasteiger partial charge in [0.1, 0.15) is 0 Å². The predicted molar refractivity (Wildman–Crippen MR) is 71.7 cm³/mol. The fourth-order valence-corrected chi connectivity index (χ4v) is 3.04. The third kappa shape index (κ3) is 2.33. The van der Waals surface area contributed by atoms with Crippen LogP contribution in [-0.4, -0.2) is 47.5 Å². The summed E-state index contributed by atoms with van der Waals surface area (Å²) in [6, 6.07) is 3.07. The van der Waals surface area contributed by atoms with E-state index in [4.69, 9.17) is 0 Å². The molecule has 2 aromatic rings. The molecular weight excluding hydrogens is 254 g/mol. The quantitative estimate of drug-likeness (QED) is 0.808. The molecule has 1 saturated carbocycles. The molecule has 1 aliphatic carbocycles. The first-order valence-electron chi connectivity index (χ1n) is 7.38. The molecule has 7 heteroatoms. The number of rotatable bonds is 5. The molecule has 0 aromatic carbocycles. The molecule has 0 spiro atoms. The zero-order valence-electron chi connectivity index (χ0n) is 11.5. The van der Waals surface area contributed by atoms with Gasteiger partial charge in [-0.2, -0.15) is 5.10 Å². The molecule has 0 bridgehead atoms. The number of aromatic nitrogens is 6. The maximum Gasteiger partial charge on any atom is 0.165 e. The smallest absolute Gasteiger partial charge is 0.165 e. The van der Waals surface area contributed by atoms with E-state index in [1.54, 1.807) is 0 Å². The Morgan fingerprint density at radius 1 is 1.25 bits per heavy atom. The highest BCUT2D eigenvalue weighted by atomic mass is 15.6. The summed E-state index contributed by atoms with van der Waals surface area (Å²) in [6.45, 7) is 2.94. The van der Waals surface area contributed by atoms with Crippen LogP contribution in [0.4, 0.5) is 0 Å². The first-order chi connectivity index (χ1) is 9.90. The lowest BCUT2D eigenvalue weighted by Gasteiger charge is -2.23. The minimum Gasteiger partial charge on any atom is -0.291 e. The van der Waals surface area contributed by atoms with Crippen molar-refractivity contribution < 1.29 is 0 Å². The first-order valence-corrected chi connectivity index (χ1v) is 7.38. The Morgan fingerprint density at radius 3 is 3.00 bits per heavy atom. The average Bonchev–Trinajstić information content (AvgIpc) is 2.88. The second kappa shape index (κ2) is 4.97. The van der Waals surface area contributed by atoms with E-state index in [0.717, 1.165) is 25.5 Å². The van der Waals surface area contributed by atoms with Crippen LogP contribution in [0.25, 0.3) is 0 Å². The molecule has 4 rings (SSSR count). The average molecular weight is 273 g/mol. The van der Waals surface area contributed by atoms with Crippen molar-refractivity contribution in [2.24, 2.45) is 0 Å². The van der Waals surface area contributed by atoms with Gasteiger partial charge in [0.2, 0.25) is 0 Å². The van der Waals surface area contributed by atoms with Gasteiger partial charge in [0.15, 0.2) is 5.82 Å². The second-order valence-electron chi connectivity index (χ2n) is 5.77. The fourth-order valence-electron chi connectivity index (χ4n) is 3.04. The summed E-state index contributed by atoms with van der Waals surface area (Å²) in [7, 11) is 0.